The zero-order chi connectivity index (χ0) is 27.8. The molecule has 0 aromatic heterocycles. The first-order valence-corrected chi connectivity index (χ1v) is 16.6. The molecule has 4 aliphatic rings. The highest BCUT2D eigenvalue weighted by molar-refractivity contribution is 6.77. The third kappa shape index (κ3) is 4.69. The van der Waals surface area contributed by atoms with Gasteiger partial charge in [-0.15, -0.1) is 0 Å². The van der Waals surface area contributed by atoms with Crippen molar-refractivity contribution in [2.45, 2.75) is 48.8 Å². The van der Waals surface area contributed by atoms with E-state index in [1.807, 2.05) is 12.3 Å². The van der Waals surface area contributed by atoms with Crippen LogP contribution in [-0.4, -0.2) is 39.4 Å². The zero-order valence-electron chi connectivity index (χ0n) is 23.7. The van der Waals surface area contributed by atoms with Gasteiger partial charge in [-0.3, -0.25) is 0 Å². The molecule has 1 radical (unpaired) electrons. The van der Waals surface area contributed by atoms with E-state index in [0.717, 1.165) is 36.1 Å². The van der Waals surface area contributed by atoms with E-state index in [0.29, 0.717) is 23.2 Å². The zero-order valence-corrected chi connectivity index (χ0v) is 24.7. The first-order valence-electron chi connectivity index (χ1n) is 15.0. The SMILES string of the molecule is CN1C=CC(C#N)=C(c2ccccc2-c2cccc(N3C4CCC=CC4[Si](c4ccccc4)C4C=CCCC43)c2)C1. The van der Waals surface area contributed by atoms with Crippen molar-refractivity contribution in [1.82, 2.24) is 4.90 Å². The molecule has 1 saturated heterocycles. The summed E-state index contributed by atoms with van der Waals surface area (Å²) in [5.74, 6) is 0. The second-order valence-electron chi connectivity index (χ2n) is 11.8. The van der Waals surface area contributed by atoms with Crippen molar-refractivity contribution in [1.29, 1.82) is 5.26 Å². The van der Waals surface area contributed by atoms with Gasteiger partial charge in [-0.2, -0.15) is 5.26 Å². The lowest BCUT2D eigenvalue weighted by Crippen LogP contribution is -2.62. The minimum absolute atomic E-state index is 0.525. The summed E-state index contributed by atoms with van der Waals surface area (Å²) in [5, 5.41) is 11.5. The van der Waals surface area contributed by atoms with Crippen molar-refractivity contribution in [3.63, 3.8) is 0 Å². The van der Waals surface area contributed by atoms with Crippen molar-refractivity contribution in [2.75, 3.05) is 18.5 Å². The summed E-state index contributed by atoms with van der Waals surface area (Å²) in [6.07, 6.45) is 18.7. The number of rotatable bonds is 4. The van der Waals surface area contributed by atoms with Crippen molar-refractivity contribution >= 4 is 25.2 Å². The maximum atomic E-state index is 9.92. The Morgan fingerprint density at radius 1 is 0.805 bits per heavy atom. The normalized spacial score (nSPS) is 25.6. The van der Waals surface area contributed by atoms with Crippen molar-refractivity contribution in [3.05, 3.63) is 127 Å². The molecule has 0 amide bonds. The van der Waals surface area contributed by atoms with E-state index in [4.69, 9.17) is 0 Å². The fourth-order valence-corrected chi connectivity index (χ4v) is 11.6. The molecule has 4 unspecified atom stereocenters. The smallest absolute Gasteiger partial charge is 0.104 e. The molecule has 0 saturated carbocycles. The lowest BCUT2D eigenvalue weighted by molar-refractivity contribution is 0.419. The number of nitrogens with zero attached hydrogens (tertiary/aromatic N) is 3. The summed E-state index contributed by atoms with van der Waals surface area (Å²) in [4.78, 5) is 4.99. The monoisotopic (exact) mass is 550 g/mol. The Morgan fingerprint density at radius 2 is 1.49 bits per heavy atom. The van der Waals surface area contributed by atoms with E-state index in [-0.39, 0.29) is 0 Å². The number of hydrogen-bond donors (Lipinski definition) is 0. The summed E-state index contributed by atoms with van der Waals surface area (Å²) >= 11 is 0. The van der Waals surface area contributed by atoms with Crippen LogP contribution in [0.2, 0.25) is 11.1 Å². The van der Waals surface area contributed by atoms with Crippen LogP contribution in [0.3, 0.4) is 0 Å². The van der Waals surface area contributed by atoms with Gasteiger partial charge in [0.15, 0.2) is 0 Å². The fraction of sp³-hybridized carbons (Fsp3) is 0.270. The molecule has 4 heteroatoms. The van der Waals surface area contributed by atoms with Gasteiger partial charge in [-0.25, -0.2) is 0 Å². The maximum Gasteiger partial charge on any atom is 0.104 e. The van der Waals surface area contributed by atoms with Gasteiger partial charge in [-0.05, 0) is 77.2 Å². The molecular formula is C37H36N3Si. The lowest BCUT2D eigenvalue weighted by atomic mass is 9.89. The highest BCUT2D eigenvalue weighted by atomic mass is 28.3. The molecule has 41 heavy (non-hydrogen) atoms. The van der Waals surface area contributed by atoms with Crippen LogP contribution in [0.5, 0.6) is 0 Å². The first-order chi connectivity index (χ1) is 20.2. The third-order valence-corrected chi connectivity index (χ3v) is 13.0. The number of nitriles is 1. The van der Waals surface area contributed by atoms with Gasteiger partial charge in [0, 0.05) is 37.6 Å². The first kappa shape index (κ1) is 25.9. The van der Waals surface area contributed by atoms with Crippen LogP contribution in [0.25, 0.3) is 16.7 Å². The topological polar surface area (TPSA) is 30.3 Å². The molecule has 3 aromatic carbocycles. The highest BCUT2D eigenvalue weighted by Gasteiger charge is 2.49. The van der Waals surface area contributed by atoms with Crippen LogP contribution in [0.15, 0.2) is 121 Å². The Hall–Kier alpha value is -4.07. The third-order valence-electron chi connectivity index (χ3n) is 9.37. The van der Waals surface area contributed by atoms with Crippen LogP contribution < -0.4 is 10.1 Å². The molecule has 2 aliphatic heterocycles. The maximum absolute atomic E-state index is 9.92. The average molecular weight is 551 g/mol. The van der Waals surface area contributed by atoms with Gasteiger partial charge in [-0.1, -0.05) is 96.2 Å². The predicted octanol–water partition coefficient (Wildman–Crippen LogP) is 7.49. The number of fused-ring (bicyclic) bond motifs is 2. The number of likely N-dealkylation sites (N-methyl/N-ethyl adjacent to an activating group) is 1. The van der Waals surface area contributed by atoms with Crippen molar-refractivity contribution in [3.8, 4) is 17.2 Å². The van der Waals surface area contributed by atoms with Crippen LogP contribution in [0.1, 0.15) is 31.2 Å². The van der Waals surface area contributed by atoms with E-state index in [1.165, 1.54) is 29.7 Å². The highest BCUT2D eigenvalue weighted by Crippen LogP contribution is 2.49. The second-order valence-corrected chi connectivity index (χ2v) is 14.6. The van der Waals surface area contributed by atoms with E-state index in [9.17, 15) is 5.26 Å². The molecule has 203 valence electrons. The van der Waals surface area contributed by atoms with Gasteiger partial charge < -0.3 is 9.80 Å². The molecule has 2 heterocycles. The van der Waals surface area contributed by atoms with Gasteiger partial charge in [0.05, 0.1) is 11.6 Å². The Morgan fingerprint density at radius 3 is 2.20 bits per heavy atom. The molecular weight excluding hydrogens is 515 g/mol. The van der Waals surface area contributed by atoms with Crippen molar-refractivity contribution in [2.24, 2.45) is 0 Å². The molecule has 3 nitrogen and oxygen atoms in total. The molecule has 1 fully saturated rings. The Bertz CT molecular complexity index is 1560. The van der Waals surface area contributed by atoms with Gasteiger partial charge in [0.25, 0.3) is 0 Å². The number of hydrogen-bond acceptors (Lipinski definition) is 3. The van der Waals surface area contributed by atoms with E-state index >= 15 is 0 Å². The summed E-state index contributed by atoms with van der Waals surface area (Å²) in [5.41, 5.74) is 7.96. The Labute approximate surface area is 246 Å². The van der Waals surface area contributed by atoms with Crippen LogP contribution in [0.4, 0.5) is 5.69 Å². The Balaban J connectivity index is 1.32. The summed E-state index contributed by atoms with van der Waals surface area (Å²) in [7, 11) is 1.25. The van der Waals surface area contributed by atoms with E-state index in [1.54, 1.807) is 5.19 Å². The molecule has 4 atom stereocenters. The summed E-state index contributed by atoms with van der Waals surface area (Å²) in [6, 6.07) is 32.8. The van der Waals surface area contributed by atoms with Crippen LogP contribution >= 0.6 is 0 Å². The minimum atomic E-state index is -0.821. The Kier molecular flexibility index (Phi) is 6.98. The van der Waals surface area contributed by atoms with E-state index < -0.39 is 8.80 Å². The largest absolute Gasteiger partial charge is 0.376 e. The molecule has 0 N–H and O–H groups in total. The van der Waals surface area contributed by atoms with Gasteiger partial charge in [0.2, 0.25) is 0 Å². The minimum Gasteiger partial charge on any atom is -0.376 e. The number of benzene rings is 3. The molecule has 0 spiro atoms. The average Bonchev–Trinajstić information content (AvgIpc) is 3.04. The lowest BCUT2D eigenvalue weighted by Gasteiger charge is -2.55. The second kappa shape index (κ2) is 11.1. The molecule has 0 bridgehead atoms. The summed E-state index contributed by atoms with van der Waals surface area (Å²) < 4.78 is 0. The van der Waals surface area contributed by atoms with Gasteiger partial charge in [0.1, 0.15) is 8.80 Å². The van der Waals surface area contributed by atoms with Crippen molar-refractivity contribution < 1.29 is 0 Å². The van der Waals surface area contributed by atoms with Crippen LogP contribution in [-0.2, 0) is 0 Å². The van der Waals surface area contributed by atoms with Gasteiger partial charge >= 0.3 is 0 Å². The molecule has 2 aliphatic carbocycles. The quantitative estimate of drug-likeness (QED) is 0.249. The van der Waals surface area contributed by atoms with E-state index in [2.05, 4.69) is 126 Å². The molecule has 7 rings (SSSR count). The standard InChI is InChI=1S/C37H36N3Si/c1-39-23-22-28(25-38)33(26-39)32-17-6-5-16-31(32)27-12-11-13-29(24-27)40-34-18-7-9-20-36(34)41(30-14-3-2-4-15-30)37-21-10-8-19-35(37)40/h2-6,9-17,20-24,34-37H,7-8,18-19,26H2,1H3. The van der Waals surface area contributed by atoms with Crippen LogP contribution in [0, 0.1) is 11.3 Å². The predicted molar refractivity (Wildman–Crippen MR) is 172 cm³/mol. The fourth-order valence-electron chi connectivity index (χ4n) is 7.60. The number of allylic oxidation sites excluding steroid dienone is 4. The summed E-state index contributed by atoms with van der Waals surface area (Å²) in [6.45, 7) is 0.735. The molecule has 3 aromatic rings. The number of anilines is 1.